The minimum atomic E-state index is -0.364. The molecule has 0 heterocycles. The van der Waals surface area contributed by atoms with Crippen molar-refractivity contribution in [1.82, 2.24) is 0 Å². The van der Waals surface area contributed by atoms with Gasteiger partial charge < -0.3 is 4.74 Å². The lowest BCUT2D eigenvalue weighted by Gasteiger charge is -2.04. The molecule has 0 saturated carbocycles. The van der Waals surface area contributed by atoms with E-state index >= 15 is 0 Å². The van der Waals surface area contributed by atoms with Gasteiger partial charge in [0, 0.05) is 18.4 Å². The van der Waals surface area contributed by atoms with Crippen LogP contribution >= 0.6 is 0 Å². The van der Waals surface area contributed by atoms with E-state index in [-0.39, 0.29) is 5.97 Å². The first-order chi connectivity index (χ1) is 10.7. The van der Waals surface area contributed by atoms with Gasteiger partial charge in [0.05, 0.1) is 18.2 Å². The molecule has 0 aromatic heterocycles. The number of unbranched alkanes of at least 4 members (excludes halogenated alkanes) is 4. The van der Waals surface area contributed by atoms with Crippen molar-refractivity contribution in [3.8, 4) is 23.7 Å². The van der Waals surface area contributed by atoms with Crippen LogP contribution in [-0.4, -0.2) is 13.1 Å². The van der Waals surface area contributed by atoms with E-state index in [0.717, 1.165) is 44.1 Å². The summed E-state index contributed by atoms with van der Waals surface area (Å²) in [7, 11) is 1.39. The quantitative estimate of drug-likeness (QED) is 0.452. The third kappa shape index (κ3) is 5.66. The van der Waals surface area contributed by atoms with E-state index in [1.54, 1.807) is 6.07 Å². The zero-order valence-electron chi connectivity index (χ0n) is 13.8. The van der Waals surface area contributed by atoms with Crippen LogP contribution in [0.4, 0.5) is 0 Å². The Hall–Kier alpha value is -2.19. The second kappa shape index (κ2) is 10.5. The summed E-state index contributed by atoms with van der Waals surface area (Å²) in [5.41, 5.74) is 1.99. The molecule has 0 aliphatic rings. The molecule has 0 amide bonds. The fourth-order valence-electron chi connectivity index (χ4n) is 1.91. The first-order valence-corrected chi connectivity index (χ1v) is 7.93. The molecule has 0 radical (unpaired) electrons. The summed E-state index contributed by atoms with van der Waals surface area (Å²) in [5.74, 6) is 12.2. The molecule has 0 N–H and O–H groups in total. The fraction of sp³-hybridized carbons (Fsp3) is 0.450. The number of methoxy groups -OCH3 is 1. The van der Waals surface area contributed by atoms with Gasteiger partial charge >= 0.3 is 5.97 Å². The molecule has 2 heteroatoms. The smallest absolute Gasteiger partial charge is 0.339 e. The molecular weight excluding hydrogens is 272 g/mol. The maximum Gasteiger partial charge on any atom is 0.339 e. The van der Waals surface area contributed by atoms with Gasteiger partial charge in [-0.15, -0.1) is 0 Å². The third-order valence-corrected chi connectivity index (χ3v) is 3.22. The van der Waals surface area contributed by atoms with E-state index in [1.807, 2.05) is 12.1 Å². The lowest BCUT2D eigenvalue weighted by atomic mass is 10.0. The van der Waals surface area contributed by atoms with Gasteiger partial charge in [0.1, 0.15) is 0 Å². The number of carbonyl (C=O) groups excluding carboxylic acids is 1. The van der Waals surface area contributed by atoms with E-state index in [9.17, 15) is 4.79 Å². The van der Waals surface area contributed by atoms with Crippen molar-refractivity contribution < 1.29 is 9.53 Å². The van der Waals surface area contributed by atoms with Gasteiger partial charge in [0.2, 0.25) is 0 Å². The maximum absolute atomic E-state index is 11.9. The Morgan fingerprint density at radius 2 is 1.68 bits per heavy atom. The van der Waals surface area contributed by atoms with Crippen LogP contribution in [0, 0.1) is 23.7 Å². The fourth-order valence-corrected chi connectivity index (χ4v) is 1.91. The molecule has 0 aliphatic heterocycles. The molecule has 0 fully saturated rings. The Kier molecular flexibility index (Phi) is 8.54. The second-order valence-electron chi connectivity index (χ2n) is 5.03. The van der Waals surface area contributed by atoms with Crippen LogP contribution in [0.3, 0.4) is 0 Å². The minimum absolute atomic E-state index is 0.364. The van der Waals surface area contributed by atoms with Crippen LogP contribution in [0.5, 0.6) is 0 Å². The monoisotopic (exact) mass is 296 g/mol. The third-order valence-electron chi connectivity index (χ3n) is 3.22. The van der Waals surface area contributed by atoms with E-state index in [0.29, 0.717) is 11.1 Å². The van der Waals surface area contributed by atoms with E-state index in [4.69, 9.17) is 4.74 Å². The molecule has 0 saturated heterocycles. The summed E-state index contributed by atoms with van der Waals surface area (Å²) in [6.07, 6.45) is 6.07. The zero-order chi connectivity index (χ0) is 16.2. The first-order valence-electron chi connectivity index (χ1n) is 7.93. The van der Waals surface area contributed by atoms with Crippen LogP contribution in [0.1, 0.15) is 73.9 Å². The summed E-state index contributed by atoms with van der Waals surface area (Å²) in [6, 6.07) is 5.48. The molecule has 0 atom stereocenters. The van der Waals surface area contributed by atoms with Gasteiger partial charge in [-0.1, -0.05) is 56.4 Å². The van der Waals surface area contributed by atoms with Crippen LogP contribution in [-0.2, 0) is 4.74 Å². The Labute approximate surface area is 134 Å². The molecule has 0 unspecified atom stereocenters. The number of hydrogen-bond donors (Lipinski definition) is 0. The van der Waals surface area contributed by atoms with Gasteiger partial charge in [-0.05, 0) is 25.0 Å². The predicted octanol–water partition coefficient (Wildman–Crippen LogP) is 4.56. The lowest BCUT2D eigenvalue weighted by molar-refractivity contribution is 0.0600. The first kappa shape index (κ1) is 17.9. The molecule has 116 valence electrons. The lowest BCUT2D eigenvalue weighted by Crippen LogP contribution is -2.05. The number of rotatable bonds is 5. The molecule has 2 nitrogen and oxygen atoms in total. The average molecular weight is 296 g/mol. The topological polar surface area (TPSA) is 26.3 Å². The zero-order valence-corrected chi connectivity index (χ0v) is 13.8. The standard InChI is InChI=1S/C20H24O2/c1-4-6-8-10-13-17-14-12-16-19(20(21)22-3)18(17)15-11-9-7-5-2/h12,14,16H,4-9H2,1-3H3. The molecule has 1 rings (SSSR count). The number of hydrogen-bond acceptors (Lipinski definition) is 2. The Balaban J connectivity index is 3.14. The van der Waals surface area contributed by atoms with Crippen molar-refractivity contribution >= 4 is 5.97 Å². The molecule has 0 aliphatic carbocycles. The number of benzene rings is 1. The van der Waals surface area contributed by atoms with Gasteiger partial charge in [-0.25, -0.2) is 4.79 Å². The average Bonchev–Trinajstić information content (AvgIpc) is 2.55. The highest BCUT2D eigenvalue weighted by molar-refractivity contribution is 5.93. The van der Waals surface area contributed by atoms with E-state index < -0.39 is 0 Å². The van der Waals surface area contributed by atoms with Crippen LogP contribution in [0.15, 0.2) is 18.2 Å². The molecule has 1 aromatic carbocycles. The molecule has 1 aromatic rings. The molecular formula is C20H24O2. The maximum atomic E-state index is 11.9. The van der Waals surface area contributed by atoms with Gasteiger partial charge in [-0.3, -0.25) is 0 Å². The van der Waals surface area contributed by atoms with Crippen LogP contribution in [0.25, 0.3) is 0 Å². The van der Waals surface area contributed by atoms with Gasteiger partial charge in [-0.2, -0.15) is 0 Å². The summed E-state index contributed by atoms with van der Waals surface area (Å²) >= 11 is 0. The number of ether oxygens (including phenoxy) is 1. The Morgan fingerprint density at radius 3 is 2.27 bits per heavy atom. The highest BCUT2D eigenvalue weighted by Gasteiger charge is 2.12. The van der Waals surface area contributed by atoms with Gasteiger partial charge in [0.15, 0.2) is 0 Å². The minimum Gasteiger partial charge on any atom is -0.465 e. The highest BCUT2D eigenvalue weighted by Crippen LogP contribution is 2.15. The summed E-state index contributed by atoms with van der Waals surface area (Å²) in [5, 5.41) is 0. The van der Waals surface area contributed by atoms with Crippen molar-refractivity contribution in [3.05, 3.63) is 34.9 Å². The van der Waals surface area contributed by atoms with Crippen molar-refractivity contribution in [2.45, 2.75) is 52.4 Å². The number of esters is 1. The van der Waals surface area contributed by atoms with Gasteiger partial charge in [0.25, 0.3) is 0 Å². The SMILES string of the molecule is CCCCC#Cc1cccc(C(=O)OC)c1C#CCCCC. The normalized spacial score (nSPS) is 9.23. The summed E-state index contributed by atoms with van der Waals surface area (Å²) in [6.45, 7) is 4.28. The summed E-state index contributed by atoms with van der Waals surface area (Å²) in [4.78, 5) is 11.9. The number of carbonyl (C=O) groups is 1. The molecule has 22 heavy (non-hydrogen) atoms. The Bertz CT molecular complexity index is 606. The molecule has 0 bridgehead atoms. The largest absolute Gasteiger partial charge is 0.465 e. The van der Waals surface area contributed by atoms with Crippen molar-refractivity contribution in [2.75, 3.05) is 7.11 Å². The van der Waals surface area contributed by atoms with E-state index in [2.05, 4.69) is 37.5 Å². The highest BCUT2D eigenvalue weighted by atomic mass is 16.5. The van der Waals surface area contributed by atoms with E-state index in [1.165, 1.54) is 7.11 Å². The summed E-state index contributed by atoms with van der Waals surface area (Å²) < 4.78 is 4.85. The van der Waals surface area contributed by atoms with Crippen LogP contribution in [0.2, 0.25) is 0 Å². The predicted molar refractivity (Wildman–Crippen MR) is 90.6 cm³/mol. The van der Waals surface area contributed by atoms with Crippen molar-refractivity contribution in [1.29, 1.82) is 0 Å². The molecule has 0 spiro atoms. The van der Waals surface area contributed by atoms with Crippen molar-refractivity contribution in [3.63, 3.8) is 0 Å². The Morgan fingerprint density at radius 1 is 1.05 bits per heavy atom. The van der Waals surface area contributed by atoms with Crippen LogP contribution < -0.4 is 0 Å². The second-order valence-corrected chi connectivity index (χ2v) is 5.03. The van der Waals surface area contributed by atoms with Crippen molar-refractivity contribution in [2.24, 2.45) is 0 Å².